The Balaban J connectivity index is 1.47. The molecule has 0 radical (unpaired) electrons. The molecule has 4 unspecified atom stereocenters. The highest BCUT2D eigenvalue weighted by Crippen LogP contribution is 2.47. The summed E-state index contributed by atoms with van der Waals surface area (Å²) in [5.41, 5.74) is 2.78. The number of rotatable bonds is 5. The molecule has 1 amide bonds. The molecule has 7 nitrogen and oxygen atoms in total. The van der Waals surface area contributed by atoms with Crippen LogP contribution in [0.5, 0.6) is 0 Å². The Labute approximate surface area is 208 Å². The van der Waals surface area contributed by atoms with Crippen molar-refractivity contribution in [3.8, 4) is 0 Å². The van der Waals surface area contributed by atoms with Gasteiger partial charge in [-0.2, -0.15) is 0 Å². The van der Waals surface area contributed by atoms with Gasteiger partial charge in [-0.1, -0.05) is 45.0 Å². The van der Waals surface area contributed by atoms with E-state index < -0.39 is 6.04 Å². The van der Waals surface area contributed by atoms with Crippen molar-refractivity contribution in [3.05, 3.63) is 46.7 Å². The third kappa shape index (κ3) is 4.66. The zero-order valence-electron chi connectivity index (χ0n) is 21.4. The highest BCUT2D eigenvalue weighted by Gasteiger charge is 2.52. The number of nitrogens with zero attached hydrogens (tertiary/aromatic N) is 2. The summed E-state index contributed by atoms with van der Waals surface area (Å²) in [7, 11) is 1.70. The number of fused-ring (bicyclic) bond motifs is 1. The Hall–Kier alpha value is -2.22. The number of carbonyl (C=O) groups excluding carboxylic acids is 2. The minimum Gasteiger partial charge on any atom is -0.483 e. The molecule has 7 heteroatoms. The standard InChI is InChI=1S/C28H38N2O5/c1-28(2,3)19-7-5-18(6-8-19)24-23-25(31)21-10-9-20(33-4)17-22(21)35-26(23)27(32)30(24)12-11-29-13-15-34-16-14-29/h5-8,20-22,24H,9-17H2,1-4H3. The number of morpholine rings is 1. The Morgan fingerprint density at radius 1 is 1.03 bits per heavy atom. The number of ketones is 1. The van der Waals surface area contributed by atoms with Crippen molar-refractivity contribution < 1.29 is 23.8 Å². The van der Waals surface area contributed by atoms with Crippen LogP contribution in [0.15, 0.2) is 35.6 Å². The highest BCUT2D eigenvalue weighted by molar-refractivity contribution is 6.11. The van der Waals surface area contributed by atoms with E-state index in [2.05, 4.69) is 49.9 Å². The van der Waals surface area contributed by atoms with E-state index in [-0.39, 0.29) is 41.0 Å². The van der Waals surface area contributed by atoms with Crippen LogP contribution < -0.4 is 0 Å². The molecule has 5 rings (SSSR count). The monoisotopic (exact) mass is 482 g/mol. The van der Waals surface area contributed by atoms with Crippen LogP contribution in [-0.2, 0) is 29.2 Å². The summed E-state index contributed by atoms with van der Waals surface area (Å²) in [5, 5.41) is 0. The number of Topliss-reactive ketones (excluding diaryl/α,β-unsaturated/α-hetero) is 1. The Bertz CT molecular complexity index is 990. The maximum Gasteiger partial charge on any atom is 0.290 e. The topological polar surface area (TPSA) is 68.3 Å². The lowest BCUT2D eigenvalue weighted by Crippen LogP contribution is -2.43. The zero-order chi connectivity index (χ0) is 24.7. The third-order valence-electron chi connectivity index (χ3n) is 8.09. The molecule has 1 aromatic carbocycles. The molecule has 0 bridgehead atoms. The van der Waals surface area contributed by atoms with Crippen molar-refractivity contribution in [3.63, 3.8) is 0 Å². The maximum absolute atomic E-state index is 13.9. The number of hydrogen-bond acceptors (Lipinski definition) is 6. The van der Waals surface area contributed by atoms with Crippen LogP contribution >= 0.6 is 0 Å². The lowest BCUT2D eigenvalue weighted by molar-refractivity contribution is -0.138. The Morgan fingerprint density at radius 2 is 1.74 bits per heavy atom. The number of amides is 1. The van der Waals surface area contributed by atoms with Gasteiger partial charge in [0, 0.05) is 39.7 Å². The van der Waals surface area contributed by atoms with Gasteiger partial charge < -0.3 is 19.1 Å². The number of methoxy groups -OCH3 is 1. The molecular formula is C28H38N2O5. The second-order valence-electron chi connectivity index (χ2n) is 11.3. The van der Waals surface area contributed by atoms with Crippen molar-refractivity contribution in [2.45, 2.75) is 63.7 Å². The van der Waals surface area contributed by atoms with Crippen LogP contribution in [0.3, 0.4) is 0 Å². The summed E-state index contributed by atoms with van der Waals surface area (Å²) in [4.78, 5) is 31.7. The van der Waals surface area contributed by atoms with Gasteiger partial charge in [-0.15, -0.1) is 0 Å². The van der Waals surface area contributed by atoms with Gasteiger partial charge in [0.1, 0.15) is 6.10 Å². The molecule has 1 aliphatic carbocycles. The SMILES string of the molecule is COC1CCC2C(=O)C3=C(OC2C1)C(=O)N(CCN1CCOCC1)C3c1ccc(C(C)(C)C)cc1. The lowest BCUT2D eigenvalue weighted by atomic mass is 9.76. The summed E-state index contributed by atoms with van der Waals surface area (Å²) in [5.74, 6) is -0.0224. The molecule has 3 aliphatic heterocycles. The number of hydrogen-bond donors (Lipinski definition) is 0. The average molecular weight is 483 g/mol. The van der Waals surface area contributed by atoms with Gasteiger partial charge in [-0.25, -0.2) is 0 Å². The van der Waals surface area contributed by atoms with Gasteiger partial charge in [-0.05, 0) is 29.4 Å². The smallest absolute Gasteiger partial charge is 0.290 e. The predicted molar refractivity (Wildman–Crippen MR) is 132 cm³/mol. The lowest BCUT2D eigenvalue weighted by Gasteiger charge is -2.38. The third-order valence-corrected chi connectivity index (χ3v) is 8.09. The van der Waals surface area contributed by atoms with Crippen LogP contribution in [0.1, 0.15) is 57.2 Å². The molecule has 1 saturated heterocycles. The quantitative estimate of drug-likeness (QED) is 0.642. The van der Waals surface area contributed by atoms with E-state index in [4.69, 9.17) is 14.2 Å². The normalized spacial score (nSPS) is 29.8. The average Bonchev–Trinajstić information content (AvgIpc) is 3.14. The van der Waals surface area contributed by atoms with Gasteiger partial charge in [0.2, 0.25) is 0 Å². The second-order valence-corrected chi connectivity index (χ2v) is 11.3. The molecule has 190 valence electrons. The Kier molecular flexibility index (Phi) is 6.77. The van der Waals surface area contributed by atoms with E-state index in [1.807, 2.05) is 4.90 Å². The van der Waals surface area contributed by atoms with Crippen molar-refractivity contribution in [1.29, 1.82) is 0 Å². The van der Waals surface area contributed by atoms with Crippen molar-refractivity contribution in [2.75, 3.05) is 46.5 Å². The van der Waals surface area contributed by atoms with Crippen molar-refractivity contribution in [2.24, 2.45) is 5.92 Å². The minimum atomic E-state index is -0.402. The number of ether oxygens (including phenoxy) is 3. The molecule has 0 aromatic heterocycles. The molecule has 3 heterocycles. The summed E-state index contributed by atoms with van der Waals surface area (Å²) in [6.07, 6.45) is 2.01. The fraction of sp³-hybridized carbons (Fsp3) is 0.643. The van der Waals surface area contributed by atoms with Gasteiger partial charge in [-0.3, -0.25) is 14.5 Å². The van der Waals surface area contributed by atoms with E-state index in [9.17, 15) is 9.59 Å². The van der Waals surface area contributed by atoms with Crippen LogP contribution in [0, 0.1) is 5.92 Å². The fourth-order valence-corrected chi connectivity index (χ4v) is 5.91. The number of benzene rings is 1. The van der Waals surface area contributed by atoms with Gasteiger partial charge in [0.05, 0.1) is 36.9 Å². The van der Waals surface area contributed by atoms with Crippen LogP contribution in [-0.4, -0.2) is 80.2 Å². The van der Waals surface area contributed by atoms with Crippen LogP contribution in [0.4, 0.5) is 0 Å². The second kappa shape index (κ2) is 9.68. The molecule has 0 spiro atoms. The van der Waals surface area contributed by atoms with E-state index in [0.29, 0.717) is 31.8 Å². The summed E-state index contributed by atoms with van der Waals surface area (Å²) >= 11 is 0. The van der Waals surface area contributed by atoms with E-state index in [1.54, 1.807) is 7.11 Å². The van der Waals surface area contributed by atoms with E-state index in [1.165, 1.54) is 5.56 Å². The Morgan fingerprint density at radius 3 is 2.40 bits per heavy atom. The van der Waals surface area contributed by atoms with Gasteiger partial charge >= 0.3 is 0 Å². The van der Waals surface area contributed by atoms with Gasteiger partial charge in [0.25, 0.3) is 5.91 Å². The molecule has 2 fully saturated rings. The summed E-state index contributed by atoms with van der Waals surface area (Å²) < 4.78 is 17.4. The first-order chi connectivity index (χ1) is 16.8. The maximum atomic E-state index is 13.9. The molecule has 0 N–H and O–H groups in total. The highest BCUT2D eigenvalue weighted by atomic mass is 16.5. The van der Waals surface area contributed by atoms with Crippen LogP contribution in [0.2, 0.25) is 0 Å². The summed E-state index contributed by atoms with van der Waals surface area (Å²) in [6, 6.07) is 8.01. The van der Waals surface area contributed by atoms with Crippen molar-refractivity contribution in [1.82, 2.24) is 9.80 Å². The number of carbonyl (C=O) groups is 2. The molecule has 1 saturated carbocycles. The first-order valence-corrected chi connectivity index (χ1v) is 13.0. The first-order valence-electron chi connectivity index (χ1n) is 13.0. The molecule has 1 aromatic rings. The fourth-order valence-electron chi connectivity index (χ4n) is 5.91. The molecule has 35 heavy (non-hydrogen) atoms. The van der Waals surface area contributed by atoms with Gasteiger partial charge in [0.15, 0.2) is 11.5 Å². The molecule has 4 aliphatic rings. The predicted octanol–water partition coefficient (Wildman–Crippen LogP) is 3.24. The van der Waals surface area contributed by atoms with Crippen molar-refractivity contribution >= 4 is 11.7 Å². The molecule has 4 atom stereocenters. The van der Waals surface area contributed by atoms with E-state index in [0.717, 1.165) is 38.0 Å². The minimum absolute atomic E-state index is 0.0292. The van der Waals surface area contributed by atoms with Crippen LogP contribution in [0.25, 0.3) is 0 Å². The summed E-state index contributed by atoms with van der Waals surface area (Å²) in [6.45, 7) is 11.0. The first kappa shape index (κ1) is 24.5. The molecular weight excluding hydrogens is 444 g/mol. The largest absolute Gasteiger partial charge is 0.483 e. The zero-order valence-corrected chi connectivity index (χ0v) is 21.4. The van der Waals surface area contributed by atoms with E-state index >= 15 is 0 Å².